The lowest BCUT2D eigenvalue weighted by Crippen LogP contribution is -2.63. The molecule has 1 aliphatic heterocycles. The van der Waals surface area contributed by atoms with Crippen molar-refractivity contribution in [3.8, 4) is 0 Å². The van der Waals surface area contributed by atoms with Crippen molar-refractivity contribution in [1.29, 1.82) is 0 Å². The minimum Gasteiger partial charge on any atom is -0.342 e. The predicted octanol–water partition coefficient (Wildman–Crippen LogP) is 1.08. The van der Waals surface area contributed by atoms with Crippen LogP contribution in [0.5, 0.6) is 0 Å². The Morgan fingerprint density at radius 2 is 2.05 bits per heavy atom. The third-order valence-electron chi connectivity index (χ3n) is 3.98. The second-order valence-electron chi connectivity index (χ2n) is 5.97. The lowest BCUT2D eigenvalue weighted by atomic mass is 9.98. The molecule has 2 atom stereocenters. The molecule has 1 N–H and O–H groups in total. The minimum absolute atomic E-state index is 0.0152. The molecule has 1 aromatic rings. The SMILES string of the molecule is CCn1nc(C)cc1CN1C(=O)C(C(C)C)NC(=O)C1C. The van der Waals surface area contributed by atoms with E-state index in [1.165, 1.54) is 0 Å². The molecule has 0 aromatic carbocycles. The first kappa shape index (κ1) is 15.5. The topological polar surface area (TPSA) is 67.2 Å². The summed E-state index contributed by atoms with van der Waals surface area (Å²) in [6, 6.07) is 1.08. The predicted molar refractivity (Wildman–Crippen MR) is 79.4 cm³/mol. The fourth-order valence-corrected chi connectivity index (χ4v) is 2.69. The van der Waals surface area contributed by atoms with Crippen LogP contribution in [-0.4, -0.2) is 38.6 Å². The monoisotopic (exact) mass is 292 g/mol. The second-order valence-corrected chi connectivity index (χ2v) is 5.97. The average molecular weight is 292 g/mol. The number of aromatic nitrogens is 2. The van der Waals surface area contributed by atoms with Crippen molar-refractivity contribution < 1.29 is 9.59 Å². The highest BCUT2D eigenvalue weighted by atomic mass is 16.2. The zero-order chi connectivity index (χ0) is 15.7. The molecule has 2 amide bonds. The molecule has 0 bridgehead atoms. The van der Waals surface area contributed by atoms with Crippen LogP contribution in [0.2, 0.25) is 0 Å². The third-order valence-corrected chi connectivity index (χ3v) is 3.98. The summed E-state index contributed by atoms with van der Waals surface area (Å²) in [5.74, 6) is -0.0273. The third kappa shape index (κ3) is 2.94. The van der Waals surface area contributed by atoms with E-state index in [-0.39, 0.29) is 17.7 Å². The van der Waals surface area contributed by atoms with Crippen molar-refractivity contribution in [2.24, 2.45) is 5.92 Å². The van der Waals surface area contributed by atoms with Gasteiger partial charge < -0.3 is 10.2 Å². The number of hydrogen-bond donors (Lipinski definition) is 1. The summed E-state index contributed by atoms with van der Waals surface area (Å²) in [5, 5.41) is 7.21. The Kier molecular flexibility index (Phi) is 4.34. The number of rotatable bonds is 4. The Bertz CT molecular complexity index is 550. The highest BCUT2D eigenvalue weighted by Gasteiger charge is 2.39. The summed E-state index contributed by atoms with van der Waals surface area (Å²) in [7, 11) is 0. The van der Waals surface area contributed by atoms with Gasteiger partial charge in [0, 0.05) is 6.54 Å². The number of hydrogen-bond acceptors (Lipinski definition) is 3. The molecular formula is C15H24N4O2. The summed E-state index contributed by atoms with van der Waals surface area (Å²) >= 11 is 0. The first-order valence-electron chi connectivity index (χ1n) is 7.49. The van der Waals surface area contributed by atoms with Crippen LogP contribution in [-0.2, 0) is 22.7 Å². The molecule has 0 spiro atoms. The first-order valence-corrected chi connectivity index (χ1v) is 7.49. The van der Waals surface area contributed by atoms with E-state index in [0.717, 1.165) is 17.9 Å². The summed E-state index contributed by atoms with van der Waals surface area (Å²) < 4.78 is 1.88. The Morgan fingerprint density at radius 3 is 2.62 bits per heavy atom. The largest absolute Gasteiger partial charge is 0.342 e. The van der Waals surface area contributed by atoms with Gasteiger partial charge >= 0.3 is 0 Å². The molecule has 6 nitrogen and oxygen atoms in total. The molecule has 0 saturated carbocycles. The first-order chi connectivity index (χ1) is 9.85. The van der Waals surface area contributed by atoms with E-state index in [0.29, 0.717) is 6.54 Å². The van der Waals surface area contributed by atoms with Crippen molar-refractivity contribution in [3.05, 3.63) is 17.5 Å². The molecule has 2 unspecified atom stereocenters. The Labute approximate surface area is 125 Å². The summed E-state index contributed by atoms with van der Waals surface area (Å²) in [4.78, 5) is 26.4. The molecule has 2 heterocycles. The van der Waals surface area contributed by atoms with Crippen LogP contribution in [0.3, 0.4) is 0 Å². The number of piperazine rings is 1. The molecule has 2 rings (SSSR count). The molecular weight excluding hydrogens is 268 g/mol. The number of nitrogens with zero attached hydrogens (tertiary/aromatic N) is 3. The van der Waals surface area contributed by atoms with Crippen LogP contribution >= 0.6 is 0 Å². The van der Waals surface area contributed by atoms with E-state index in [2.05, 4.69) is 10.4 Å². The van der Waals surface area contributed by atoms with Crippen molar-refractivity contribution in [2.45, 2.75) is 59.8 Å². The van der Waals surface area contributed by atoms with Crippen molar-refractivity contribution >= 4 is 11.8 Å². The highest BCUT2D eigenvalue weighted by molar-refractivity contribution is 5.96. The number of carbonyl (C=O) groups excluding carboxylic acids is 2. The number of nitrogens with one attached hydrogen (secondary N) is 1. The van der Waals surface area contributed by atoms with Crippen molar-refractivity contribution in [1.82, 2.24) is 20.0 Å². The van der Waals surface area contributed by atoms with Crippen molar-refractivity contribution in [3.63, 3.8) is 0 Å². The van der Waals surface area contributed by atoms with E-state index < -0.39 is 12.1 Å². The Hall–Kier alpha value is -1.85. The zero-order valence-electron chi connectivity index (χ0n) is 13.4. The molecule has 21 heavy (non-hydrogen) atoms. The van der Waals surface area contributed by atoms with Gasteiger partial charge in [0.25, 0.3) is 0 Å². The highest BCUT2D eigenvalue weighted by Crippen LogP contribution is 2.18. The molecule has 1 aliphatic rings. The molecule has 116 valence electrons. The van der Waals surface area contributed by atoms with Gasteiger partial charge in [0.1, 0.15) is 12.1 Å². The van der Waals surface area contributed by atoms with Gasteiger partial charge in [-0.15, -0.1) is 0 Å². The molecule has 6 heteroatoms. The zero-order valence-corrected chi connectivity index (χ0v) is 13.4. The fourth-order valence-electron chi connectivity index (χ4n) is 2.69. The number of amides is 2. The summed E-state index contributed by atoms with van der Waals surface area (Å²) in [5.41, 5.74) is 1.89. The second kappa shape index (κ2) is 5.87. The van der Waals surface area contributed by atoms with Crippen molar-refractivity contribution in [2.75, 3.05) is 0 Å². The molecule has 1 saturated heterocycles. The maximum absolute atomic E-state index is 12.6. The van der Waals surface area contributed by atoms with E-state index in [4.69, 9.17) is 0 Å². The van der Waals surface area contributed by atoms with Gasteiger partial charge in [0.05, 0.1) is 17.9 Å². The fraction of sp³-hybridized carbons (Fsp3) is 0.667. The Morgan fingerprint density at radius 1 is 1.38 bits per heavy atom. The number of carbonyl (C=O) groups is 2. The van der Waals surface area contributed by atoms with Gasteiger partial charge in [0.15, 0.2) is 0 Å². The molecule has 1 fully saturated rings. The van der Waals surface area contributed by atoms with Gasteiger partial charge in [-0.05, 0) is 32.8 Å². The maximum atomic E-state index is 12.6. The summed E-state index contributed by atoms with van der Waals surface area (Å²) in [6.07, 6.45) is 0. The quantitative estimate of drug-likeness (QED) is 0.903. The molecule has 0 radical (unpaired) electrons. The van der Waals surface area contributed by atoms with Crippen LogP contribution < -0.4 is 5.32 Å². The van der Waals surface area contributed by atoms with Crippen LogP contribution in [0, 0.1) is 12.8 Å². The van der Waals surface area contributed by atoms with E-state index >= 15 is 0 Å². The van der Waals surface area contributed by atoms with Crippen LogP contribution in [0.1, 0.15) is 39.1 Å². The minimum atomic E-state index is -0.451. The standard InChI is InChI=1S/C15H24N4O2/c1-6-19-12(7-10(4)17-19)8-18-11(5)14(20)16-13(9(2)3)15(18)21/h7,9,11,13H,6,8H2,1-5H3,(H,16,20). The smallest absolute Gasteiger partial charge is 0.246 e. The van der Waals surface area contributed by atoms with E-state index in [1.807, 2.05) is 38.4 Å². The lowest BCUT2D eigenvalue weighted by Gasteiger charge is -2.38. The van der Waals surface area contributed by atoms with Gasteiger partial charge in [-0.2, -0.15) is 5.10 Å². The van der Waals surface area contributed by atoms with E-state index in [9.17, 15) is 9.59 Å². The maximum Gasteiger partial charge on any atom is 0.246 e. The number of aryl methyl sites for hydroxylation is 2. The summed E-state index contributed by atoms with van der Waals surface area (Å²) in [6.45, 7) is 10.8. The van der Waals surface area contributed by atoms with Crippen LogP contribution in [0.25, 0.3) is 0 Å². The molecule has 1 aromatic heterocycles. The van der Waals surface area contributed by atoms with Gasteiger partial charge in [-0.1, -0.05) is 13.8 Å². The van der Waals surface area contributed by atoms with E-state index in [1.54, 1.807) is 11.8 Å². The average Bonchev–Trinajstić information content (AvgIpc) is 2.78. The normalized spacial score (nSPS) is 22.9. The van der Waals surface area contributed by atoms with Gasteiger partial charge in [-0.3, -0.25) is 14.3 Å². The Balaban J connectivity index is 2.27. The molecule has 0 aliphatic carbocycles. The van der Waals surface area contributed by atoms with Gasteiger partial charge in [-0.25, -0.2) is 0 Å². The lowest BCUT2D eigenvalue weighted by molar-refractivity contribution is -0.150. The van der Waals surface area contributed by atoms with Crippen LogP contribution in [0.4, 0.5) is 0 Å². The van der Waals surface area contributed by atoms with Crippen LogP contribution in [0.15, 0.2) is 6.07 Å². The van der Waals surface area contributed by atoms with Gasteiger partial charge in [0.2, 0.25) is 11.8 Å².